The van der Waals surface area contributed by atoms with Gasteiger partial charge in [0.15, 0.2) is 0 Å². The molecule has 0 spiro atoms. The molecule has 17 heavy (non-hydrogen) atoms. The van der Waals surface area contributed by atoms with Crippen LogP contribution in [0.4, 0.5) is 0 Å². The highest BCUT2D eigenvalue weighted by Crippen LogP contribution is 2.10. The molecule has 0 heterocycles. The van der Waals surface area contributed by atoms with Crippen molar-refractivity contribution in [3.05, 3.63) is 0 Å². The Kier molecular flexibility index (Phi) is 10.5. The lowest BCUT2D eigenvalue weighted by molar-refractivity contribution is -0.165. The van der Waals surface area contributed by atoms with E-state index in [1.807, 2.05) is 0 Å². The fraction of sp³-hybridized carbons (Fsp3) is 0.833. The van der Waals surface area contributed by atoms with E-state index in [2.05, 4.69) is 12.0 Å². The minimum atomic E-state index is -0.556. The molecule has 0 bridgehead atoms. The predicted octanol–water partition coefficient (Wildman–Crippen LogP) is 2.99. The minimum absolute atomic E-state index is 0.0637. The van der Waals surface area contributed by atoms with E-state index in [1.54, 1.807) is 0 Å². The molecule has 0 aliphatic heterocycles. The van der Waals surface area contributed by atoms with Gasteiger partial charge in [0.1, 0.15) is 0 Å². The second kappa shape index (κ2) is 11.3. The Labute approximate surface area is 102 Å². The highest BCUT2D eigenvalue weighted by atomic mass is 16.5. The molecule has 5 nitrogen and oxygen atoms in total. The SMILES string of the molecule is CCCCCCCCCCC(=O)N(O)N=C=O. The highest BCUT2D eigenvalue weighted by Gasteiger charge is 2.08. The van der Waals surface area contributed by atoms with Gasteiger partial charge >= 0.3 is 0 Å². The van der Waals surface area contributed by atoms with Crippen molar-refractivity contribution in [1.29, 1.82) is 0 Å². The summed E-state index contributed by atoms with van der Waals surface area (Å²) in [4.78, 5) is 20.9. The monoisotopic (exact) mass is 242 g/mol. The standard InChI is InChI=1S/C12H22N2O3/c1-2-3-4-5-6-7-8-9-10-12(16)14(17)13-11-15/h17H,2-10H2,1H3. The van der Waals surface area contributed by atoms with Crippen LogP contribution in [-0.4, -0.2) is 22.4 Å². The Morgan fingerprint density at radius 2 is 1.65 bits per heavy atom. The maximum Gasteiger partial charge on any atom is 0.269 e. The zero-order valence-electron chi connectivity index (χ0n) is 10.5. The highest BCUT2D eigenvalue weighted by molar-refractivity contribution is 5.74. The van der Waals surface area contributed by atoms with Crippen LogP contribution in [0.25, 0.3) is 0 Å². The van der Waals surface area contributed by atoms with Crippen LogP contribution in [0.15, 0.2) is 5.10 Å². The lowest BCUT2D eigenvalue weighted by atomic mass is 10.1. The molecule has 0 radical (unpaired) electrons. The molecule has 0 fully saturated rings. The third kappa shape index (κ3) is 9.72. The van der Waals surface area contributed by atoms with Crippen molar-refractivity contribution in [3.8, 4) is 0 Å². The summed E-state index contributed by atoms with van der Waals surface area (Å²) in [5, 5.41) is 11.7. The molecule has 0 aromatic carbocycles. The van der Waals surface area contributed by atoms with E-state index < -0.39 is 5.91 Å². The molecule has 0 aliphatic carbocycles. The summed E-state index contributed by atoms with van der Waals surface area (Å²) in [5.74, 6) is -0.556. The van der Waals surface area contributed by atoms with Crippen LogP contribution in [-0.2, 0) is 9.59 Å². The van der Waals surface area contributed by atoms with Crippen LogP contribution in [0, 0.1) is 0 Å². The van der Waals surface area contributed by atoms with Gasteiger partial charge in [-0.3, -0.25) is 10.0 Å². The van der Waals surface area contributed by atoms with Crippen LogP contribution in [0.1, 0.15) is 64.7 Å². The Bertz CT molecular complexity index is 250. The van der Waals surface area contributed by atoms with Crippen LogP contribution < -0.4 is 0 Å². The molecule has 0 rings (SSSR count). The van der Waals surface area contributed by atoms with Crippen molar-refractivity contribution in [2.75, 3.05) is 0 Å². The van der Waals surface area contributed by atoms with Crippen molar-refractivity contribution in [1.82, 2.24) is 5.17 Å². The summed E-state index contributed by atoms with van der Waals surface area (Å²) < 4.78 is 0. The molecule has 0 saturated carbocycles. The molecule has 0 saturated heterocycles. The number of amides is 1. The van der Waals surface area contributed by atoms with Crippen LogP contribution in [0.5, 0.6) is 0 Å². The molecular formula is C12H22N2O3. The van der Waals surface area contributed by atoms with Gasteiger partial charge in [0.25, 0.3) is 12.0 Å². The molecule has 0 aromatic rings. The van der Waals surface area contributed by atoms with Crippen molar-refractivity contribution in [2.24, 2.45) is 5.10 Å². The summed E-state index contributed by atoms with van der Waals surface area (Å²) in [6.45, 7) is 2.19. The Morgan fingerprint density at radius 1 is 1.12 bits per heavy atom. The summed E-state index contributed by atoms with van der Waals surface area (Å²) in [7, 11) is 0. The molecule has 0 unspecified atom stereocenters. The normalized spacial score (nSPS) is 9.76. The Hall–Kier alpha value is -1.19. The molecule has 1 N–H and O–H groups in total. The first-order valence-corrected chi connectivity index (χ1v) is 6.32. The summed E-state index contributed by atoms with van der Waals surface area (Å²) in [6, 6.07) is 0. The number of hydrogen-bond acceptors (Lipinski definition) is 4. The summed E-state index contributed by atoms with van der Waals surface area (Å²) >= 11 is 0. The van der Waals surface area contributed by atoms with E-state index in [0.717, 1.165) is 25.3 Å². The summed E-state index contributed by atoms with van der Waals surface area (Å²) in [6.07, 6.45) is 10.4. The van der Waals surface area contributed by atoms with Crippen LogP contribution >= 0.6 is 0 Å². The van der Waals surface area contributed by atoms with E-state index >= 15 is 0 Å². The molecule has 5 heteroatoms. The first-order valence-electron chi connectivity index (χ1n) is 6.32. The molecule has 1 amide bonds. The topological polar surface area (TPSA) is 70.0 Å². The number of unbranched alkanes of at least 4 members (excludes halogenated alkanes) is 7. The van der Waals surface area contributed by atoms with Gasteiger partial charge in [0.2, 0.25) is 0 Å². The quantitative estimate of drug-likeness (QED) is 0.210. The lowest BCUT2D eigenvalue weighted by Crippen LogP contribution is -2.20. The van der Waals surface area contributed by atoms with E-state index in [9.17, 15) is 9.59 Å². The third-order valence-electron chi connectivity index (χ3n) is 2.60. The fourth-order valence-electron chi connectivity index (χ4n) is 1.60. The first kappa shape index (κ1) is 15.8. The molecule has 98 valence electrons. The Balaban J connectivity index is 3.33. The minimum Gasteiger partial charge on any atom is -0.270 e. The number of hydrazone groups is 1. The predicted molar refractivity (Wildman–Crippen MR) is 64.0 cm³/mol. The number of nitrogens with zero attached hydrogens (tertiary/aromatic N) is 2. The van der Waals surface area contributed by atoms with Crippen LogP contribution in [0.3, 0.4) is 0 Å². The molecular weight excluding hydrogens is 220 g/mol. The number of hydroxylamine groups is 1. The summed E-state index contributed by atoms with van der Waals surface area (Å²) in [5.41, 5.74) is 0. The van der Waals surface area contributed by atoms with Gasteiger partial charge in [-0.25, -0.2) is 4.79 Å². The van der Waals surface area contributed by atoms with Gasteiger partial charge in [0, 0.05) is 6.42 Å². The smallest absolute Gasteiger partial charge is 0.269 e. The number of rotatable bonds is 10. The first-order chi connectivity index (χ1) is 8.22. The lowest BCUT2D eigenvalue weighted by Gasteiger charge is -2.05. The van der Waals surface area contributed by atoms with Gasteiger partial charge in [-0.15, -0.1) is 0 Å². The molecule has 0 aromatic heterocycles. The largest absolute Gasteiger partial charge is 0.270 e. The van der Waals surface area contributed by atoms with Crippen molar-refractivity contribution >= 4 is 12.0 Å². The van der Waals surface area contributed by atoms with E-state index in [1.165, 1.54) is 32.1 Å². The van der Waals surface area contributed by atoms with Gasteiger partial charge in [-0.1, -0.05) is 62.1 Å². The van der Waals surface area contributed by atoms with Crippen molar-refractivity contribution in [2.45, 2.75) is 64.7 Å². The average Bonchev–Trinajstić information content (AvgIpc) is 2.32. The van der Waals surface area contributed by atoms with E-state index in [-0.39, 0.29) is 11.6 Å². The van der Waals surface area contributed by atoms with E-state index in [4.69, 9.17) is 5.21 Å². The van der Waals surface area contributed by atoms with Crippen LogP contribution in [0.2, 0.25) is 0 Å². The number of isocyanates is 1. The van der Waals surface area contributed by atoms with Gasteiger partial charge < -0.3 is 0 Å². The molecule has 0 atom stereocenters. The zero-order valence-corrected chi connectivity index (χ0v) is 10.5. The number of carbonyl (C=O) groups is 1. The fourth-order valence-corrected chi connectivity index (χ4v) is 1.60. The number of carbonyl (C=O) groups excluding carboxylic acids is 2. The third-order valence-corrected chi connectivity index (χ3v) is 2.60. The number of hydrogen-bond donors (Lipinski definition) is 1. The van der Waals surface area contributed by atoms with Crippen molar-refractivity contribution in [3.63, 3.8) is 0 Å². The van der Waals surface area contributed by atoms with Gasteiger partial charge in [-0.05, 0) is 6.42 Å². The van der Waals surface area contributed by atoms with Gasteiger partial charge in [-0.2, -0.15) is 0 Å². The average molecular weight is 242 g/mol. The zero-order chi connectivity index (χ0) is 12.9. The second-order valence-electron chi connectivity index (χ2n) is 4.10. The maximum absolute atomic E-state index is 11.1. The molecule has 0 aliphatic rings. The maximum atomic E-state index is 11.1. The van der Waals surface area contributed by atoms with Gasteiger partial charge in [0.05, 0.1) is 0 Å². The Morgan fingerprint density at radius 3 is 2.18 bits per heavy atom. The van der Waals surface area contributed by atoms with E-state index in [0.29, 0.717) is 0 Å². The van der Waals surface area contributed by atoms with Crippen molar-refractivity contribution < 1.29 is 14.8 Å². The second-order valence-corrected chi connectivity index (χ2v) is 4.10.